The van der Waals surface area contributed by atoms with Crippen LogP contribution >= 0.6 is 0 Å². The Hall–Kier alpha value is -2.66. The molecule has 0 bridgehead atoms. The molecule has 1 saturated carbocycles. The lowest BCUT2D eigenvalue weighted by molar-refractivity contribution is -0.131. The summed E-state index contributed by atoms with van der Waals surface area (Å²) in [5.41, 5.74) is 3.05. The minimum absolute atomic E-state index is 0.0440. The number of carbonyl (C=O) groups is 2. The SMILES string of the molecule is CNC(=O)[C@]12C[C@@H](NC(=O)Cc3ccccc3C)C[C@H]1CN(Cc1ccccc1)C2. The summed E-state index contributed by atoms with van der Waals surface area (Å²) in [5, 5.41) is 6.11. The lowest BCUT2D eigenvalue weighted by Crippen LogP contribution is -2.44. The summed E-state index contributed by atoms with van der Waals surface area (Å²) < 4.78 is 0. The van der Waals surface area contributed by atoms with E-state index in [9.17, 15) is 9.59 Å². The van der Waals surface area contributed by atoms with E-state index >= 15 is 0 Å². The number of rotatable bonds is 6. The van der Waals surface area contributed by atoms with E-state index in [0.29, 0.717) is 12.8 Å². The Bertz CT molecular complexity index is 914. The van der Waals surface area contributed by atoms with Gasteiger partial charge in [0.15, 0.2) is 0 Å². The molecule has 2 fully saturated rings. The Labute approximate surface area is 178 Å². The molecule has 4 rings (SSSR count). The zero-order chi connectivity index (χ0) is 21.1. The van der Waals surface area contributed by atoms with Crippen molar-refractivity contribution < 1.29 is 9.59 Å². The molecule has 2 amide bonds. The van der Waals surface area contributed by atoms with Gasteiger partial charge in [0, 0.05) is 32.7 Å². The summed E-state index contributed by atoms with van der Waals surface area (Å²) >= 11 is 0. The molecule has 2 aromatic carbocycles. The third-order valence-electron chi connectivity index (χ3n) is 6.85. The molecule has 0 aromatic heterocycles. The Morgan fingerprint density at radius 1 is 1.10 bits per heavy atom. The van der Waals surface area contributed by atoms with Crippen LogP contribution in [0.5, 0.6) is 0 Å². The first-order valence-electron chi connectivity index (χ1n) is 10.8. The van der Waals surface area contributed by atoms with Crippen LogP contribution in [-0.2, 0) is 22.6 Å². The Morgan fingerprint density at radius 2 is 1.83 bits per heavy atom. The summed E-state index contributed by atoms with van der Waals surface area (Å²) in [4.78, 5) is 28.0. The molecule has 5 nitrogen and oxygen atoms in total. The molecular weight excluding hydrogens is 374 g/mol. The van der Waals surface area contributed by atoms with Crippen molar-refractivity contribution in [3.05, 3.63) is 71.3 Å². The number of nitrogens with one attached hydrogen (secondary N) is 2. The number of hydrogen-bond donors (Lipinski definition) is 2. The number of carbonyl (C=O) groups excluding carboxylic acids is 2. The first-order chi connectivity index (χ1) is 14.5. The standard InChI is InChI=1S/C25H31N3O2/c1-18-8-6-7-11-20(18)12-23(29)27-22-13-21-16-28(15-19-9-4-3-5-10-19)17-25(21,14-22)24(30)26-2/h3-11,21-22H,12-17H2,1-2H3,(H,26,30)(H,27,29)/t21-,22-,25-/m0/s1. The topological polar surface area (TPSA) is 61.4 Å². The maximum absolute atomic E-state index is 12.9. The van der Waals surface area contributed by atoms with E-state index in [1.54, 1.807) is 7.05 Å². The normalized spacial score (nSPS) is 25.7. The summed E-state index contributed by atoms with van der Waals surface area (Å²) in [7, 11) is 1.72. The molecule has 0 radical (unpaired) electrons. The van der Waals surface area contributed by atoms with Crippen LogP contribution in [0.3, 0.4) is 0 Å². The smallest absolute Gasteiger partial charge is 0.227 e. The third kappa shape index (κ3) is 4.12. The minimum atomic E-state index is -0.413. The van der Waals surface area contributed by atoms with Crippen LogP contribution in [0.15, 0.2) is 54.6 Å². The molecule has 2 aliphatic rings. The Balaban J connectivity index is 1.41. The number of nitrogens with zero attached hydrogens (tertiary/aromatic N) is 1. The van der Waals surface area contributed by atoms with Gasteiger partial charge in [-0.25, -0.2) is 0 Å². The number of hydrogen-bond acceptors (Lipinski definition) is 3. The maximum atomic E-state index is 12.9. The number of aryl methyl sites for hydroxylation is 1. The quantitative estimate of drug-likeness (QED) is 0.777. The highest BCUT2D eigenvalue weighted by Crippen LogP contribution is 2.49. The first kappa shape index (κ1) is 20.6. The molecular formula is C25H31N3O2. The molecule has 1 heterocycles. The summed E-state index contributed by atoms with van der Waals surface area (Å²) in [6.45, 7) is 4.54. The largest absolute Gasteiger partial charge is 0.359 e. The van der Waals surface area contributed by atoms with Crippen LogP contribution in [0.2, 0.25) is 0 Å². The average Bonchev–Trinajstić information content (AvgIpc) is 3.23. The molecule has 158 valence electrons. The van der Waals surface area contributed by atoms with Crippen molar-refractivity contribution in [3.63, 3.8) is 0 Å². The fourth-order valence-electron chi connectivity index (χ4n) is 5.41. The van der Waals surface area contributed by atoms with Crippen LogP contribution < -0.4 is 10.6 Å². The molecule has 1 aliphatic heterocycles. The summed E-state index contributed by atoms with van der Waals surface area (Å²) in [5.74, 6) is 0.422. The summed E-state index contributed by atoms with van der Waals surface area (Å²) in [6, 6.07) is 18.5. The molecule has 2 N–H and O–H groups in total. The highest BCUT2D eigenvalue weighted by molar-refractivity contribution is 5.84. The van der Waals surface area contributed by atoms with Gasteiger partial charge >= 0.3 is 0 Å². The van der Waals surface area contributed by atoms with Gasteiger partial charge in [-0.1, -0.05) is 54.6 Å². The van der Waals surface area contributed by atoms with Crippen LogP contribution in [-0.4, -0.2) is 42.9 Å². The fourth-order valence-corrected chi connectivity index (χ4v) is 5.41. The van der Waals surface area contributed by atoms with E-state index < -0.39 is 5.41 Å². The van der Waals surface area contributed by atoms with Crippen molar-refractivity contribution in [1.29, 1.82) is 0 Å². The Morgan fingerprint density at radius 3 is 2.57 bits per heavy atom. The highest BCUT2D eigenvalue weighted by atomic mass is 16.2. The number of benzene rings is 2. The van der Waals surface area contributed by atoms with E-state index in [1.807, 2.05) is 37.3 Å². The van der Waals surface area contributed by atoms with Crippen molar-refractivity contribution >= 4 is 11.8 Å². The number of likely N-dealkylation sites (tertiary alicyclic amines) is 1. The van der Waals surface area contributed by atoms with Gasteiger partial charge in [0.1, 0.15) is 0 Å². The predicted octanol–water partition coefficient (Wildman–Crippen LogP) is 2.68. The van der Waals surface area contributed by atoms with Gasteiger partial charge in [0.25, 0.3) is 0 Å². The van der Waals surface area contributed by atoms with Crippen molar-refractivity contribution in [1.82, 2.24) is 15.5 Å². The molecule has 0 unspecified atom stereocenters. The number of fused-ring (bicyclic) bond motifs is 1. The van der Waals surface area contributed by atoms with Gasteiger partial charge in [0.2, 0.25) is 11.8 Å². The molecule has 2 aromatic rings. The van der Waals surface area contributed by atoms with Gasteiger partial charge in [-0.2, -0.15) is 0 Å². The van der Waals surface area contributed by atoms with Gasteiger partial charge < -0.3 is 10.6 Å². The van der Waals surface area contributed by atoms with E-state index in [2.05, 4.69) is 39.8 Å². The summed E-state index contributed by atoms with van der Waals surface area (Å²) in [6.07, 6.45) is 1.96. The van der Waals surface area contributed by atoms with Gasteiger partial charge in [-0.3, -0.25) is 14.5 Å². The van der Waals surface area contributed by atoms with Crippen LogP contribution in [0.4, 0.5) is 0 Å². The molecule has 3 atom stereocenters. The van der Waals surface area contributed by atoms with E-state index in [-0.39, 0.29) is 23.8 Å². The van der Waals surface area contributed by atoms with E-state index in [0.717, 1.165) is 37.2 Å². The maximum Gasteiger partial charge on any atom is 0.227 e. The predicted molar refractivity (Wildman–Crippen MR) is 118 cm³/mol. The van der Waals surface area contributed by atoms with Crippen LogP contribution in [0.25, 0.3) is 0 Å². The molecule has 1 saturated heterocycles. The number of amides is 2. The molecule has 0 spiro atoms. The first-order valence-corrected chi connectivity index (χ1v) is 10.8. The van der Waals surface area contributed by atoms with Crippen molar-refractivity contribution in [2.45, 2.75) is 38.8 Å². The molecule has 5 heteroatoms. The van der Waals surface area contributed by atoms with Crippen molar-refractivity contribution in [2.75, 3.05) is 20.1 Å². The highest BCUT2D eigenvalue weighted by Gasteiger charge is 2.57. The monoisotopic (exact) mass is 405 g/mol. The average molecular weight is 406 g/mol. The molecule has 30 heavy (non-hydrogen) atoms. The van der Waals surface area contributed by atoms with Gasteiger partial charge in [-0.05, 0) is 42.4 Å². The third-order valence-corrected chi connectivity index (χ3v) is 6.85. The fraction of sp³-hybridized carbons (Fsp3) is 0.440. The van der Waals surface area contributed by atoms with Gasteiger partial charge in [0.05, 0.1) is 11.8 Å². The molecule has 1 aliphatic carbocycles. The zero-order valence-corrected chi connectivity index (χ0v) is 17.9. The van der Waals surface area contributed by atoms with Crippen LogP contribution in [0, 0.1) is 18.3 Å². The lowest BCUT2D eigenvalue weighted by atomic mass is 9.80. The van der Waals surface area contributed by atoms with Crippen LogP contribution in [0.1, 0.15) is 29.5 Å². The lowest BCUT2D eigenvalue weighted by Gasteiger charge is -2.27. The van der Waals surface area contributed by atoms with E-state index in [4.69, 9.17) is 0 Å². The van der Waals surface area contributed by atoms with Crippen molar-refractivity contribution in [2.24, 2.45) is 11.3 Å². The van der Waals surface area contributed by atoms with Gasteiger partial charge in [-0.15, -0.1) is 0 Å². The second kappa shape index (κ2) is 8.60. The Kier molecular flexibility index (Phi) is 5.91. The minimum Gasteiger partial charge on any atom is -0.359 e. The second-order valence-corrected chi connectivity index (χ2v) is 8.89. The second-order valence-electron chi connectivity index (χ2n) is 8.89. The van der Waals surface area contributed by atoms with Crippen molar-refractivity contribution in [3.8, 4) is 0 Å². The van der Waals surface area contributed by atoms with E-state index in [1.165, 1.54) is 5.56 Å². The zero-order valence-electron chi connectivity index (χ0n) is 17.9.